The number of hydrogen-bond donors (Lipinski definition) is 1. The summed E-state index contributed by atoms with van der Waals surface area (Å²) < 4.78 is 121. The Labute approximate surface area is 144 Å². The number of benzene rings is 1. The summed E-state index contributed by atoms with van der Waals surface area (Å²) in [7, 11) is 0. The van der Waals surface area contributed by atoms with E-state index in [1.165, 1.54) is 0 Å². The molecule has 13 heteroatoms. The topological polar surface area (TPSA) is 48.4 Å². The minimum absolute atomic E-state index is 0.148. The zero-order valence-corrected chi connectivity index (χ0v) is 13.0. The van der Waals surface area contributed by atoms with Gasteiger partial charge in [0.2, 0.25) is 0 Å². The summed E-state index contributed by atoms with van der Waals surface area (Å²) in [4.78, 5) is 0. The second-order valence-corrected chi connectivity index (χ2v) is 6.00. The van der Waals surface area contributed by atoms with Crippen LogP contribution in [-0.2, 0) is 17.1 Å². The first-order valence-electron chi connectivity index (χ1n) is 7.15. The fraction of sp³-hybridized carbons (Fsp3) is 0.500. The number of hydrogen-bond acceptors (Lipinski definition) is 4. The predicted octanol–water partition coefficient (Wildman–Crippen LogP) is 3.94. The third-order valence-corrected chi connectivity index (χ3v) is 4.22. The van der Waals surface area contributed by atoms with Crippen molar-refractivity contribution in [3.8, 4) is 0 Å². The summed E-state index contributed by atoms with van der Waals surface area (Å²) in [6, 6.07) is 0.350. The normalized spacial score (nSPS) is 28.7. The fourth-order valence-electron chi connectivity index (χ4n) is 2.87. The standard InChI is InChI=1S/C14H9F9N2O2/c1-5-11(9(27-11)14(21,22)23)10(26)25(24-5)8-3-6(12(15,16)17)2-7(4-8)13(18,19)20/h2-4,9-10,26H,1H3. The Morgan fingerprint density at radius 3 is 1.81 bits per heavy atom. The van der Waals surface area contributed by atoms with E-state index in [-0.39, 0.29) is 23.2 Å². The van der Waals surface area contributed by atoms with Gasteiger partial charge in [0.15, 0.2) is 17.9 Å². The molecular formula is C14H9F9N2O2. The van der Waals surface area contributed by atoms with Gasteiger partial charge in [-0.2, -0.15) is 44.6 Å². The van der Waals surface area contributed by atoms with E-state index in [1.807, 2.05) is 0 Å². The fourth-order valence-corrected chi connectivity index (χ4v) is 2.87. The average Bonchev–Trinajstić information content (AvgIpc) is 3.21. The summed E-state index contributed by atoms with van der Waals surface area (Å²) in [6.45, 7) is 1.02. The van der Waals surface area contributed by atoms with Crippen molar-refractivity contribution in [1.82, 2.24) is 0 Å². The van der Waals surface area contributed by atoms with Crippen LogP contribution in [0.3, 0.4) is 0 Å². The zero-order valence-electron chi connectivity index (χ0n) is 13.0. The van der Waals surface area contributed by atoms with Gasteiger partial charge in [0, 0.05) is 0 Å². The van der Waals surface area contributed by atoms with Gasteiger partial charge in [0.25, 0.3) is 0 Å². The van der Waals surface area contributed by atoms with Crippen molar-refractivity contribution in [1.29, 1.82) is 0 Å². The Balaban J connectivity index is 2.05. The van der Waals surface area contributed by atoms with Crippen LogP contribution in [0.15, 0.2) is 23.3 Å². The second-order valence-electron chi connectivity index (χ2n) is 6.00. The van der Waals surface area contributed by atoms with Crippen molar-refractivity contribution in [3.05, 3.63) is 29.3 Å². The van der Waals surface area contributed by atoms with Crippen LogP contribution in [0.1, 0.15) is 18.1 Å². The first kappa shape index (κ1) is 19.7. The minimum atomic E-state index is -5.16. The van der Waals surface area contributed by atoms with Gasteiger partial charge in [-0.1, -0.05) is 0 Å². The van der Waals surface area contributed by atoms with E-state index in [2.05, 4.69) is 9.84 Å². The molecule has 0 radical (unpaired) electrons. The lowest BCUT2D eigenvalue weighted by Gasteiger charge is -2.24. The van der Waals surface area contributed by atoms with E-state index >= 15 is 0 Å². The molecule has 2 heterocycles. The van der Waals surface area contributed by atoms with Gasteiger partial charge in [-0.05, 0) is 25.1 Å². The van der Waals surface area contributed by atoms with E-state index in [4.69, 9.17) is 0 Å². The molecule has 2 aliphatic heterocycles. The molecule has 2 aliphatic rings. The number of halogens is 9. The molecule has 1 aromatic rings. The maximum Gasteiger partial charge on any atom is 0.418 e. The van der Waals surface area contributed by atoms with Crippen molar-refractivity contribution < 1.29 is 49.4 Å². The van der Waals surface area contributed by atoms with Crippen LogP contribution in [0, 0.1) is 0 Å². The number of aliphatic hydroxyl groups is 1. The highest BCUT2D eigenvalue weighted by Gasteiger charge is 2.77. The molecule has 1 spiro atoms. The molecule has 3 unspecified atom stereocenters. The van der Waals surface area contributed by atoms with Gasteiger partial charge in [0.05, 0.1) is 22.5 Å². The molecule has 150 valence electrons. The van der Waals surface area contributed by atoms with Crippen molar-refractivity contribution in [2.75, 3.05) is 5.01 Å². The smallest absolute Gasteiger partial charge is 0.369 e. The Morgan fingerprint density at radius 1 is 0.963 bits per heavy atom. The first-order valence-corrected chi connectivity index (χ1v) is 7.15. The molecule has 0 bridgehead atoms. The van der Waals surface area contributed by atoms with Crippen molar-refractivity contribution in [3.63, 3.8) is 0 Å². The largest absolute Gasteiger partial charge is 0.418 e. The van der Waals surface area contributed by atoms with Crippen LogP contribution in [0.2, 0.25) is 0 Å². The van der Waals surface area contributed by atoms with Crippen LogP contribution in [0.5, 0.6) is 0 Å². The first-order chi connectivity index (χ1) is 12.1. The third-order valence-electron chi connectivity index (χ3n) is 4.22. The van der Waals surface area contributed by atoms with E-state index in [0.29, 0.717) is 0 Å². The SMILES string of the molecule is CC1=NN(c2cc(C(F)(F)F)cc(C(F)(F)F)c2)C(O)C12OC2C(F)(F)F. The Hall–Kier alpha value is -2.02. The van der Waals surface area contributed by atoms with Crippen LogP contribution < -0.4 is 5.01 Å². The number of hydrazone groups is 1. The van der Waals surface area contributed by atoms with Gasteiger partial charge in [-0.15, -0.1) is 0 Å². The average molecular weight is 408 g/mol. The maximum absolute atomic E-state index is 12.9. The zero-order chi connectivity index (χ0) is 20.6. The van der Waals surface area contributed by atoms with Gasteiger partial charge in [-0.3, -0.25) is 0 Å². The monoisotopic (exact) mass is 408 g/mol. The van der Waals surface area contributed by atoms with E-state index in [9.17, 15) is 44.6 Å². The number of rotatable bonds is 1. The summed E-state index contributed by atoms with van der Waals surface area (Å²) in [6.07, 6.45) is -20.0. The molecule has 0 aromatic heterocycles. The van der Waals surface area contributed by atoms with Gasteiger partial charge >= 0.3 is 18.5 Å². The molecule has 1 fully saturated rings. The number of anilines is 1. The molecule has 3 rings (SSSR count). The third kappa shape index (κ3) is 3.12. The van der Waals surface area contributed by atoms with Crippen molar-refractivity contribution >= 4 is 11.4 Å². The van der Waals surface area contributed by atoms with Crippen LogP contribution in [0.4, 0.5) is 45.2 Å². The molecule has 0 amide bonds. The predicted molar refractivity (Wildman–Crippen MR) is 71.7 cm³/mol. The van der Waals surface area contributed by atoms with Crippen LogP contribution in [0.25, 0.3) is 0 Å². The summed E-state index contributed by atoms with van der Waals surface area (Å²) >= 11 is 0. The molecule has 4 nitrogen and oxygen atoms in total. The highest BCUT2D eigenvalue weighted by atomic mass is 19.4. The number of aliphatic hydroxyl groups excluding tert-OH is 1. The number of ether oxygens (including phenoxy) is 1. The maximum atomic E-state index is 12.9. The van der Waals surface area contributed by atoms with E-state index in [1.54, 1.807) is 0 Å². The van der Waals surface area contributed by atoms with Crippen LogP contribution in [-0.4, -0.2) is 34.9 Å². The summed E-state index contributed by atoms with van der Waals surface area (Å²) in [5.41, 5.74) is -7.07. The van der Waals surface area contributed by atoms with E-state index < -0.39 is 59.0 Å². The second kappa shape index (κ2) is 5.50. The molecule has 0 aliphatic carbocycles. The van der Waals surface area contributed by atoms with Gasteiger partial charge in [-0.25, -0.2) is 5.01 Å². The molecule has 0 saturated carbocycles. The summed E-state index contributed by atoms with van der Waals surface area (Å²) in [5.74, 6) is 0. The highest BCUT2D eigenvalue weighted by Crippen LogP contribution is 2.54. The molecule has 27 heavy (non-hydrogen) atoms. The number of nitrogens with zero attached hydrogens (tertiary/aromatic N) is 2. The molecule has 1 aromatic carbocycles. The van der Waals surface area contributed by atoms with E-state index in [0.717, 1.165) is 6.92 Å². The Bertz CT molecular complexity index is 767. The van der Waals surface area contributed by atoms with Gasteiger partial charge < -0.3 is 9.84 Å². The van der Waals surface area contributed by atoms with Gasteiger partial charge in [0.1, 0.15) is 0 Å². The lowest BCUT2D eigenvalue weighted by atomic mass is 9.98. The molecule has 1 saturated heterocycles. The quantitative estimate of drug-likeness (QED) is 0.566. The van der Waals surface area contributed by atoms with Crippen molar-refractivity contribution in [2.24, 2.45) is 5.10 Å². The Kier molecular flexibility index (Phi) is 4.02. The molecule has 1 N–H and O–H groups in total. The van der Waals surface area contributed by atoms with Crippen molar-refractivity contribution in [2.45, 2.75) is 43.4 Å². The highest BCUT2D eigenvalue weighted by molar-refractivity contribution is 5.98. The number of alkyl halides is 9. The molecular weight excluding hydrogens is 399 g/mol. The summed E-state index contributed by atoms with van der Waals surface area (Å²) in [5, 5.41) is 13.9. The minimum Gasteiger partial charge on any atom is -0.369 e. The number of epoxide rings is 1. The lowest BCUT2D eigenvalue weighted by molar-refractivity contribution is -0.147. The lowest BCUT2D eigenvalue weighted by Crippen LogP contribution is -2.44. The van der Waals surface area contributed by atoms with Crippen LogP contribution >= 0.6 is 0 Å². The molecule has 3 atom stereocenters. The Morgan fingerprint density at radius 2 is 1.44 bits per heavy atom.